The summed E-state index contributed by atoms with van der Waals surface area (Å²) in [6, 6.07) is 2.00. The van der Waals surface area contributed by atoms with Crippen molar-refractivity contribution < 1.29 is 0 Å². The van der Waals surface area contributed by atoms with Crippen LogP contribution in [0, 0.1) is 0 Å². The first-order chi connectivity index (χ1) is 8.28. The van der Waals surface area contributed by atoms with E-state index in [0.29, 0.717) is 5.95 Å². The zero-order valence-electron chi connectivity index (χ0n) is 9.51. The molecule has 0 aliphatic rings. The fourth-order valence-corrected chi connectivity index (χ4v) is 2.56. The maximum Gasteiger partial charge on any atom is 0.223 e. The highest BCUT2D eigenvalue weighted by Crippen LogP contribution is 2.30. The summed E-state index contributed by atoms with van der Waals surface area (Å²) in [5.41, 5.74) is 2.91. The Morgan fingerprint density at radius 2 is 2.24 bits per heavy atom. The Bertz CT molecular complexity index is 669. The molecule has 3 heterocycles. The van der Waals surface area contributed by atoms with Crippen molar-refractivity contribution in [3.63, 3.8) is 0 Å². The molecule has 6 heteroatoms. The van der Waals surface area contributed by atoms with E-state index in [1.807, 2.05) is 37.9 Å². The van der Waals surface area contributed by atoms with Crippen LogP contribution in [0.1, 0.15) is 0 Å². The van der Waals surface area contributed by atoms with Gasteiger partial charge in [0.05, 0.1) is 22.1 Å². The van der Waals surface area contributed by atoms with Crippen molar-refractivity contribution in [2.75, 3.05) is 12.4 Å². The first-order valence-corrected chi connectivity index (χ1v) is 6.08. The normalized spacial score (nSPS) is 10.9. The third-order valence-electron chi connectivity index (χ3n) is 2.51. The molecule has 0 amide bonds. The van der Waals surface area contributed by atoms with Crippen LogP contribution in [0.3, 0.4) is 0 Å². The Balaban J connectivity index is 2.29. The van der Waals surface area contributed by atoms with E-state index in [-0.39, 0.29) is 0 Å². The number of rotatable bonds is 2. The average molecular weight is 245 g/mol. The molecule has 0 aliphatic heterocycles. The minimum Gasteiger partial charge on any atom is -0.357 e. The summed E-state index contributed by atoms with van der Waals surface area (Å²) < 4.78 is 2.87. The van der Waals surface area contributed by atoms with E-state index in [1.54, 1.807) is 16.0 Å². The summed E-state index contributed by atoms with van der Waals surface area (Å²) in [5, 5.41) is 9.19. The first kappa shape index (κ1) is 10.2. The van der Waals surface area contributed by atoms with Gasteiger partial charge in [0.25, 0.3) is 0 Å². The molecular weight excluding hydrogens is 234 g/mol. The molecular formula is C11H11N5S. The molecule has 0 saturated heterocycles. The Hall–Kier alpha value is -1.95. The Kier molecular flexibility index (Phi) is 2.29. The molecule has 0 bridgehead atoms. The quantitative estimate of drug-likeness (QED) is 0.751. The standard InChI is InChI=1S/C11H11N5S/c1-12-11-14-8-3-4-17-10(8)9(15-11)7-5-13-16(2)6-7/h3-6H,1-2H3,(H,12,14,15). The van der Waals surface area contributed by atoms with Crippen LogP contribution in [-0.2, 0) is 7.05 Å². The van der Waals surface area contributed by atoms with Crippen molar-refractivity contribution in [2.24, 2.45) is 7.05 Å². The number of aromatic nitrogens is 4. The molecule has 0 atom stereocenters. The highest BCUT2D eigenvalue weighted by molar-refractivity contribution is 7.17. The second-order valence-electron chi connectivity index (χ2n) is 3.68. The van der Waals surface area contributed by atoms with Crippen LogP contribution in [0.2, 0.25) is 0 Å². The number of hydrogen-bond acceptors (Lipinski definition) is 5. The second kappa shape index (κ2) is 3.81. The molecule has 0 aromatic carbocycles. The number of anilines is 1. The summed E-state index contributed by atoms with van der Waals surface area (Å²) in [7, 11) is 3.72. The van der Waals surface area contributed by atoms with E-state index in [9.17, 15) is 0 Å². The lowest BCUT2D eigenvalue weighted by Gasteiger charge is -2.03. The van der Waals surface area contributed by atoms with Gasteiger partial charge in [0, 0.05) is 25.9 Å². The first-order valence-electron chi connectivity index (χ1n) is 5.20. The van der Waals surface area contributed by atoms with Gasteiger partial charge >= 0.3 is 0 Å². The zero-order valence-corrected chi connectivity index (χ0v) is 10.3. The highest BCUT2D eigenvalue weighted by Gasteiger charge is 2.11. The highest BCUT2D eigenvalue weighted by atomic mass is 32.1. The Labute approximate surface area is 102 Å². The lowest BCUT2D eigenvalue weighted by molar-refractivity contribution is 0.768. The molecule has 1 N–H and O–H groups in total. The van der Waals surface area contributed by atoms with Crippen LogP contribution in [0.15, 0.2) is 23.8 Å². The SMILES string of the molecule is CNc1nc(-c2cnn(C)c2)c2sccc2n1. The zero-order chi connectivity index (χ0) is 11.8. The number of hydrogen-bond donors (Lipinski definition) is 1. The van der Waals surface area contributed by atoms with Crippen LogP contribution in [-0.4, -0.2) is 26.8 Å². The van der Waals surface area contributed by atoms with Crippen LogP contribution in [0.25, 0.3) is 21.5 Å². The second-order valence-corrected chi connectivity index (χ2v) is 4.60. The summed E-state index contributed by atoms with van der Waals surface area (Å²) in [5.74, 6) is 0.634. The van der Waals surface area contributed by atoms with Crippen molar-refractivity contribution in [1.29, 1.82) is 0 Å². The van der Waals surface area contributed by atoms with Gasteiger partial charge in [-0.15, -0.1) is 11.3 Å². The summed E-state index contributed by atoms with van der Waals surface area (Å²) in [4.78, 5) is 8.92. The minimum atomic E-state index is 0.634. The molecule has 3 aromatic rings. The Morgan fingerprint density at radius 1 is 1.35 bits per heavy atom. The molecule has 0 aliphatic carbocycles. The molecule has 86 valence electrons. The lowest BCUT2D eigenvalue weighted by atomic mass is 10.2. The third-order valence-corrected chi connectivity index (χ3v) is 3.42. The average Bonchev–Trinajstić information content (AvgIpc) is 2.95. The molecule has 0 radical (unpaired) electrons. The Morgan fingerprint density at radius 3 is 2.94 bits per heavy atom. The molecule has 0 unspecified atom stereocenters. The van der Waals surface area contributed by atoms with Gasteiger partial charge in [-0.3, -0.25) is 4.68 Å². The summed E-state index contributed by atoms with van der Waals surface area (Å²) in [6.45, 7) is 0. The molecule has 0 spiro atoms. The third kappa shape index (κ3) is 1.66. The maximum absolute atomic E-state index is 4.51. The monoisotopic (exact) mass is 245 g/mol. The van der Waals surface area contributed by atoms with Gasteiger partial charge in [0.1, 0.15) is 0 Å². The number of nitrogens with one attached hydrogen (secondary N) is 1. The molecule has 17 heavy (non-hydrogen) atoms. The predicted octanol–water partition coefficient (Wildman–Crippen LogP) is 2.13. The van der Waals surface area contributed by atoms with Gasteiger partial charge in [-0.25, -0.2) is 9.97 Å². The van der Waals surface area contributed by atoms with Crippen LogP contribution in [0.5, 0.6) is 0 Å². The van der Waals surface area contributed by atoms with E-state index in [4.69, 9.17) is 0 Å². The molecule has 3 rings (SSSR count). The summed E-state index contributed by atoms with van der Waals surface area (Å²) in [6.07, 6.45) is 3.78. The maximum atomic E-state index is 4.51. The van der Waals surface area contributed by atoms with Crippen molar-refractivity contribution in [1.82, 2.24) is 19.7 Å². The topological polar surface area (TPSA) is 55.6 Å². The summed E-state index contributed by atoms with van der Waals surface area (Å²) >= 11 is 1.65. The fourth-order valence-electron chi connectivity index (χ4n) is 1.71. The van der Waals surface area contributed by atoms with Gasteiger partial charge in [-0.05, 0) is 11.4 Å². The van der Waals surface area contributed by atoms with E-state index in [2.05, 4.69) is 20.4 Å². The van der Waals surface area contributed by atoms with Gasteiger partial charge in [-0.2, -0.15) is 5.10 Å². The number of nitrogens with zero attached hydrogens (tertiary/aromatic N) is 4. The minimum absolute atomic E-state index is 0.634. The fraction of sp³-hybridized carbons (Fsp3) is 0.182. The molecule has 3 aromatic heterocycles. The van der Waals surface area contributed by atoms with E-state index in [1.165, 1.54) is 0 Å². The van der Waals surface area contributed by atoms with Crippen LogP contribution < -0.4 is 5.32 Å². The molecule has 0 fully saturated rings. The van der Waals surface area contributed by atoms with E-state index in [0.717, 1.165) is 21.5 Å². The smallest absolute Gasteiger partial charge is 0.223 e. The largest absolute Gasteiger partial charge is 0.357 e. The number of thiophene rings is 1. The molecule has 0 saturated carbocycles. The van der Waals surface area contributed by atoms with Crippen molar-refractivity contribution in [3.05, 3.63) is 23.8 Å². The molecule has 5 nitrogen and oxygen atoms in total. The van der Waals surface area contributed by atoms with E-state index >= 15 is 0 Å². The number of fused-ring (bicyclic) bond motifs is 1. The lowest BCUT2D eigenvalue weighted by Crippen LogP contribution is -1.97. The van der Waals surface area contributed by atoms with Gasteiger partial charge in [0.15, 0.2) is 0 Å². The predicted molar refractivity (Wildman–Crippen MR) is 69.2 cm³/mol. The van der Waals surface area contributed by atoms with Gasteiger partial charge in [0.2, 0.25) is 5.95 Å². The van der Waals surface area contributed by atoms with Crippen LogP contribution in [0.4, 0.5) is 5.95 Å². The van der Waals surface area contributed by atoms with Crippen molar-refractivity contribution in [3.8, 4) is 11.3 Å². The van der Waals surface area contributed by atoms with Gasteiger partial charge < -0.3 is 5.32 Å². The van der Waals surface area contributed by atoms with E-state index < -0.39 is 0 Å². The van der Waals surface area contributed by atoms with Crippen LogP contribution >= 0.6 is 11.3 Å². The van der Waals surface area contributed by atoms with Crippen molar-refractivity contribution >= 4 is 27.5 Å². The van der Waals surface area contributed by atoms with Gasteiger partial charge in [-0.1, -0.05) is 0 Å². The number of aryl methyl sites for hydroxylation is 1. The van der Waals surface area contributed by atoms with Crippen molar-refractivity contribution in [2.45, 2.75) is 0 Å².